The Balaban J connectivity index is 1.44. The van der Waals surface area contributed by atoms with Crippen molar-refractivity contribution in [1.82, 2.24) is 9.88 Å². The first kappa shape index (κ1) is 26.3. The van der Waals surface area contributed by atoms with Gasteiger partial charge in [-0.15, -0.1) is 0 Å². The number of pyridine rings is 1. The summed E-state index contributed by atoms with van der Waals surface area (Å²) in [6, 6.07) is 9.15. The number of nitrogens with two attached hydrogens (primary N) is 1. The van der Waals surface area contributed by atoms with Crippen LogP contribution in [0.2, 0.25) is 0 Å². The summed E-state index contributed by atoms with van der Waals surface area (Å²) in [4.78, 5) is 24.3. The molecule has 1 saturated heterocycles. The molecule has 2 aliphatic heterocycles. The fourth-order valence-corrected chi connectivity index (χ4v) is 6.87. The average Bonchev–Trinajstić information content (AvgIpc) is 3.66. The first-order chi connectivity index (χ1) is 18.1. The van der Waals surface area contributed by atoms with E-state index >= 15 is 4.39 Å². The number of carbonyl (C=O) groups is 1. The van der Waals surface area contributed by atoms with Crippen LogP contribution in [-0.2, 0) is 15.1 Å². The third kappa shape index (κ3) is 4.58. The van der Waals surface area contributed by atoms with Crippen LogP contribution in [0.3, 0.4) is 0 Å². The van der Waals surface area contributed by atoms with Gasteiger partial charge in [0.2, 0.25) is 5.91 Å². The lowest BCUT2D eigenvalue weighted by Gasteiger charge is -2.39. The molecule has 2 fully saturated rings. The number of hydrogen-bond acceptors (Lipinski definition) is 7. The number of ether oxygens (including phenoxy) is 1. The van der Waals surface area contributed by atoms with Crippen LogP contribution in [0, 0.1) is 29.0 Å². The molecule has 198 valence electrons. The lowest BCUT2D eigenvalue weighted by molar-refractivity contribution is -0.141. The van der Waals surface area contributed by atoms with E-state index in [9.17, 15) is 9.18 Å². The van der Waals surface area contributed by atoms with Crippen LogP contribution in [0.4, 0.5) is 8.78 Å². The Labute approximate surface area is 224 Å². The highest BCUT2D eigenvalue weighted by atomic mass is 32.2. The van der Waals surface area contributed by atoms with Crippen molar-refractivity contribution in [2.75, 3.05) is 19.7 Å². The molecule has 1 aromatic heterocycles. The molecular formula is C28H29F2N5O2S. The highest BCUT2D eigenvalue weighted by Gasteiger charge is 2.71. The lowest BCUT2D eigenvalue weighted by atomic mass is 9.84. The maximum atomic E-state index is 15.3. The van der Waals surface area contributed by atoms with Crippen LogP contribution in [0.25, 0.3) is 11.9 Å². The third-order valence-corrected chi connectivity index (χ3v) is 8.96. The van der Waals surface area contributed by atoms with Crippen LogP contribution < -0.4 is 5.73 Å². The molecule has 7 nitrogen and oxygen atoms in total. The number of carbonyl (C=O) groups excluding carboxylic acids is 1. The van der Waals surface area contributed by atoms with Gasteiger partial charge in [-0.25, -0.2) is 8.78 Å². The second-order valence-corrected chi connectivity index (χ2v) is 11.9. The summed E-state index contributed by atoms with van der Waals surface area (Å²) in [6.07, 6.45) is 3.03. The number of hydrogen-bond donors (Lipinski definition) is 1. The summed E-state index contributed by atoms with van der Waals surface area (Å²) in [6.45, 7) is 7.42. The van der Waals surface area contributed by atoms with Crippen molar-refractivity contribution >= 4 is 34.7 Å². The average molecular weight is 538 g/mol. The highest BCUT2D eigenvalue weighted by molar-refractivity contribution is 8.15. The number of benzene rings is 1. The minimum absolute atomic E-state index is 0.0140. The number of halogens is 2. The molecule has 0 radical (unpaired) electrons. The van der Waals surface area contributed by atoms with Crippen LogP contribution >= 0.6 is 11.8 Å². The lowest BCUT2D eigenvalue weighted by Crippen LogP contribution is -2.53. The van der Waals surface area contributed by atoms with Gasteiger partial charge in [-0.1, -0.05) is 31.7 Å². The number of morpholine rings is 1. The van der Waals surface area contributed by atoms with E-state index in [-0.39, 0.29) is 40.3 Å². The standard InChI is InChI=1S/C28H29F2N5O2S/c1-16(2)23-15-35(8-9-37-23)25(36)28-12-24(28)27(3,34-26(32)38-28)19-10-17(4-6-20(19)29)11-21(30)22-7-5-18(13-31)14-33-22/h4-7,10-11,14,16,23-24H,8-9,12,15H2,1-3H3,(H2,32,34)/b21-11-/t23-,24+,27-,28+/m1/s1. The molecule has 0 unspecified atom stereocenters. The summed E-state index contributed by atoms with van der Waals surface area (Å²) in [5.74, 6) is -1.12. The number of nitriles is 1. The summed E-state index contributed by atoms with van der Waals surface area (Å²) in [5, 5.41) is 9.16. The molecule has 1 aliphatic carbocycles. The molecule has 1 aromatic carbocycles. The van der Waals surface area contributed by atoms with Gasteiger partial charge in [0.1, 0.15) is 22.5 Å². The van der Waals surface area contributed by atoms with E-state index in [1.165, 1.54) is 48.3 Å². The van der Waals surface area contributed by atoms with Gasteiger partial charge in [-0.05, 0) is 55.2 Å². The normalized spacial score (nSPS) is 28.9. The SMILES string of the molecule is CC(C)[C@H]1CN(C(=O)[C@]23C[C@H]2[C@@](C)(c2cc(/C=C(\F)c4ccc(C#N)cn4)ccc2F)N=C(N)S3)CCO1. The predicted molar refractivity (Wildman–Crippen MR) is 143 cm³/mol. The zero-order chi connectivity index (χ0) is 27.2. The van der Waals surface area contributed by atoms with Gasteiger partial charge < -0.3 is 15.4 Å². The molecule has 2 N–H and O–H groups in total. The van der Waals surface area contributed by atoms with Crippen molar-refractivity contribution in [1.29, 1.82) is 5.26 Å². The van der Waals surface area contributed by atoms with Gasteiger partial charge in [-0.3, -0.25) is 14.8 Å². The first-order valence-corrected chi connectivity index (χ1v) is 13.4. The fourth-order valence-electron chi connectivity index (χ4n) is 5.43. The van der Waals surface area contributed by atoms with Gasteiger partial charge in [0, 0.05) is 30.8 Å². The van der Waals surface area contributed by atoms with Crippen molar-refractivity contribution < 1.29 is 18.3 Å². The van der Waals surface area contributed by atoms with Crippen LogP contribution in [0.1, 0.15) is 49.6 Å². The molecule has 3 aliphatic rings. The van der Waals surface area contributed by atoms with Crippen molar-refractivity contribution in [3.8, 4) is 6.07 Å². The summed E-state index contributed by atoms with van der Waals surface area (Å²) in [5.41, 5.74) is 6.23. The van der Waals surface area contributed by atoms with Gasteiger partial charge in [0.05, 0.1) is 29.5 Å². The van der Waals surface area contributed by atoms with Gasteiger partial charge >= 0.3 is 0 Å². The molecule has 1 saturated carbocycles. The summed E-state index contributed by atoms with van der Waals surface area (Å²) >= 11 is 1.26. The van der Waals surface area contributed by atoms with Gasteiger partial charge in [0.15, 0.2) is 5.17 Å². The number of amides is 1. The van der Waals surface area contributed by atoms with Crippen molar-refractivity contribution in [3.63, 3.8) is 0 Å². The minimum Gasteiger partial charge on any atom is -0.378 e. The van der Waals surface area contributed by atoms with Crippen LogP contribution in [0.5, 0.6) is 0 Å². The topological polar surface area (TPSA) is 105 Å². The van der Waals surface area contributed by atoms with E-state index in [0.29, 0.717) is 37.2 Å². The van der Waals surface area contributed by atoms with E-state index in [2.05, 4.69) is 23.8 Å². The molecular weight excluding hydrogens is 508 g/mol. The number of fused-ring (bicyclic) bond motifs is 1. The minimum atomic E-state index is -1.09. The van der Waals surface area contributed by atoms with Gasteiger partial charge in [-0.2, -0.15) is 5.26 Å². The van der Waals surface area contributed by atoms with E-state index in [1.54, 1.807) is 13.0 Å². The summed E-state index contributed by atoms with van der Waals surface area (Å²) in [7, 11) is 0. The zero-order valence-electron chi connectivity index (χ0n) is 21.4. The number of thioether (sulfide) groups is 1. The second-order valence-electron chi connectivity index (χ2n) is 10.5. The zero-order valence-corrected chi connectivity index (χ0v) is 22.3. The van der Waals surface area contributed by atoms with Crippen molar-refractivity contribution in [2.45, 2.75) is 43.6 Å². The number of aromatic nitrogens is 1. The van der Waals surface area contributed by atoms with Gasteiger partial charge in [0.25, 0.3) is 0 Å². The quantitative estimate of drug-likeness (QED) is 0.603. The van der Waals surface area contributed by atoms with Crippen molar-refractivity contribution in [3.05, 3.63) is 64.7 Å². The summed E-state index contributed by atoms with van der Waals surface area (Å²) < 4.78 is 35.3. The second kappa shape index (κ2) is 9.79. The smallest absolute Gasteiger partial charge is 0.239 e. The molecule has 0 spiro atoms. The number of aliphatic imine (C=N–C) groups is 1. The van der Waals surface area contributed by atoms with Crippen LogP contribution in [0.15, 0.2) is 41.5 Å². The largest absolute Gasteiger partial charge is 0.378 e. The Morgan fingerprint density at radius 2 is 2.16 bits per heavy atom. The number of nitrogens with zero attached hydrogens (tertiary/aromatic N) is 4. The molecule has 38 heavy (non-hydrogen) atoms. The fraction of sp³-hybridized carbons (Fsp3) is 0.429. The maximum Gasteiger partial charge on any atom is 0.239 e. The van der Waals surface area contributed by atoms with E-state index in [0.717, 1.165) is 0 Å². The monoisotopic (exact) mass is 537 g/mol. The Morgan fingerprint density at radius 3 is 2.84 bits per heavy atom. The Hall–Kier alpha value is -3.29. The molecule has 5 rings (SSSR count). The Bertz CT molecular complexity index is 1370. The molecule has 2 aromatic rings. The third-order valence-electron chi connectivity index (χ3n) is 7.67. The maximum absolute atomic E-state index is 15.3. The Kier molecular flexibility index (Phi) is 6.78. The number of rotatable bonds is 5. The molecule has 3 heterocycles. The van der Waals surface area contributed by atoms with Crippen LogP contribution in [-0.4, -0.2) is 51.5 Å². The first-order valence-electron chi connectivity index (χ1n) is 12.6. The number of amidine groups is 1. The molecule has 1 amide bonds. The van der Waals surface area contributed by atoms with E-state index in [4.69, 9.17) is 15.7 Å². The predicted octanol–water partition coefficient (Wildman–Crippen LogP) is 4.48. The molecule has 0 bridgehead atoms. The van der Waals surface area contributed by atoms with Crippen molar-refractivity contribution in [2.24, 2.45) is 22.6 Å². The highest BCUT2D eigenvalue weighted by Crippen LogP contribution is 2.66. The van der Waals surface area contributed by atoms with E-state index in [1.807, 2.05) is 11.0 Å². The Morgan fingerprint density at radius 1 is 1.37 bits per heavy atom. The van der Waals surface area contributed by atoms with E-state index < -0.39 is 21.9 Å². The molecule has 4 atom stereocenters. The molecule has 10 heteroatoms.